The van der Waals surface area contributed by atoms with Gasteiger partial charge in [0.05, 0.1) is 33.9 Å². The summed E-state index contributed by atoms with van der Waals surface area (Å²) in [4.78, 5) is 17.3. The molecule has 0 unspecified atom stereocenters. The lowest BCUT2D eigenvalue weighted by Gasteiger charge is -2.13. The highest BCUT2D eigenvalue weighted by Gasteiger charge is 2.12. The lowest BCUT2D eigenvalue weighted by atomic mass is 10.2. The van der Waals surface area contributed by atoms with Crippen LogP contribution in [0.5, 0.6) is 11.5 Å². The topological polar surface area (TPSA) is 65.7 Å². The first-order chi connectivity index (χ1) is 13.4. The summed E-state index contributed by atoms with van der Waals surface area (Å²) in [5.74, 6) is 1.89. The Kier molecular flexibility index (Phi) is 6.71. The third-order valence-electron chi connectivity index (χ3n) is 3.91. The molecule has 0 fully saturated rings. The van der Waals surface area contributed by atoms with Crippen molar-refractivity contribution in [3.63, 3.8) is 0 Å². The van der Waals surface area contributed by atoms with Crippen molar-refractivity contribution >= 4 is 55.6 Å². The van der Waals surface area contributed by atoms with Crippen molar-refractivity contribution in [2.75, 3.05) is 13.2 Å². The number of benzene rings is 2. The van der Waals surface area contributed by atoms with Crippen molar-refractivity contribution in [3.8, 4) is 11.5 Å². The Morgan fingerprint density at radius 1 is 1.21 bits per heavy atom. The van der Waals surface area contributed by atoms with E-state index in [0.29, 0.717) is 41.4 Å². The van der Waals surface area contributed by atoms with E-state index in [4.69, 9.17) is 9.47 Å². The van der Waals surface area contributed by atoms with E-state index in [9.17, 15) is 4.79 Å². The minimum atomic E-state index is -0.217. The standard InChI is InChI=1S/C20H19BrIN3O3/c1-4-27-18-9-13(8-16(22)19(18)28-5-2)11-23-25-12(3)24-17-7-6-14(21)10-15(17)20(25)26/h6-11H,4-5H2,1-3H3. The summed E-state index contributed by atoms with van der Waals surface area (Å²) < 4.78 is 14.4. The molecule has 0 bridgehead atoms. The third-order valence-corrected chi connectivity index (χ3v) is 5.21. The van der Waals surface area contributed by atoms with Crippen LogP contribution in [0.15, 0.2) is 44.7 Å². The van der Waals surface area contributed by atoms with Crippen molar-refractivity contribution in [1.82, 2.24) is 9.66 Å². The molecule has 0 atom stereocenters. The number of hydrogen-bond acceptors (Lipinski definition) is 5. The zero-order valence-corrected chi connectivity index (χ0v) is 19.4. The Bertz CT molecular complexity index is 1110. The number of fused-ring (bicyclic) bond motifs is 1. The van der Waals surface area contributed by atoms with E-state index >= 15 is 0 Å². The second-order valence-electron chi connectivity index (χ2n) is 5.88. The molecule has 0 spiro atoms. The van der Waals surface area contributed by atoms with Crippen LogP contribution in [0.3, 0.4) is 0 Å². The van der Waals surface area contributed by atoms with E-state index in [0.717, 1.165) is 13.6 Å². The SMILES string of the molecule is CCOc1cc(C=Nn2c(C)nc3ccc(Br)cc3c2=O)cc(I)c1OCC. The van der Waals surface area contributed by atoms with E-state index in [1.165, 1.54) is 4.68 Å². The van der Waals surface area contributed by atoms with Crippen molar-refractivity contribution in [3.05, 3.63) is 60.1 Å². The summed E-state index contributed by atoms with van der Waals surface area (Å²) in [5, 5.41) is 4.88. The fourth-order valence-electron chi connectivity index (χ4n) is 2.73. The number of aryl methyl sites for hydroxylation is 1. The minimum absolute atomic E-state index is 0.217. The van der Waals surface area contributed by atoms with Gasteiger partial charge in [-0.05, 0) is 79.3 Å². The molecule has 0 N–H and O–H groups in total. The lowest BCUT2D eigenvalue weighted by Crippen LogP contribution is -2.20. The van der Waals surface area contributed by atoms with Crippen molar-refractivity contribution in [2.45, 2.75) is 20.8 Å². The number of nitrogens with zero attached hydrogens (tertiary/aromatic N) is 3. The number of hydrogen-bond donors (Lipinski definition) is 0. The molecule has 0 aliphatic rings. The van der Waals surface area contributed by atoms with Crippen molar-refractivity contribution in [2.24, 2.45) is 5.10 Å². The second-order valence-corrected chi connectivity index (χ2v) is 7.96. The van der Waals surface area contributed by atoms with Gasteiger partial charge in [-0.1, -0.05) is 15.9 Å². The average Bonchev–Trinajstić information content (AvgIpc) is 2.65. The van der Waals surface area contributed by atoms with Crippen LogP contribution in [0, 0.1) is 10.5 Å². The molecular weight excluding hydrogens is 537 g/mol. The van der Waals surface area contributed by atoms with Crippen LogP contribution in [0.1, 0.15) is 25.2 Å². The van der Waals surface area contributed by atoms with E-state index in [2.05, 4.69) is 48.6 Å². The molecule has 0 aliphatic carbocycles. The molecule has 0 saturated carbocycles. The van der Waals surface area contributed by atoms with Crippen LogP contribution >= 0.6 is 38.5 Å². The Morgan fingerprint density at radius 2 is 1.96 bits per heavy atom. The van der Waals surface area contributed by atoms with Gasteiger partial charge in [0, 0.05) is 4.47 Å². The van der Waals surface area contributed by atoms with Gasteiger partial charge in [0.15, 0.2) is 11.5 Å². The summed E-state index contributed by atoms with van der Waals surface area (Å²) in [6.45, 7) is 6.69. The van der Waals surface area contributed by atoms with Crippen LogP contribution < -0.4 is 15.0 Å². The maximum atomic E-state index is 12.8. The highest BCUT2D eigenvalue weighted by atomic mass is 127. The first kappa shape index (κ1) is 20.8. The molecule has 6 nitrogen and oxygen atoms in total. The first-order valence-electron chi connectivity index (χ1n) is 8.77. The predicted octanol–water partition coefficient (Wildman–Crippen LogP) is 4.75. The molecule has 1 heterocycles. The van der Waals surface area contributed by atoms with E-state index < -0.39 is 0 Å². The maximum absolute atomic E-state index is 12.8. The lowest BCUT2D eigenvalue weighted by molar-refractivity contribution is 0.286. The quantitative estimate of drug-likeness (QED) is 0.325. The molecule has 2 aromatic carbocycles. The summed E-state index contributed by atoms with van der Waals surface area (Å²) >= 11 is 5.60. The highest BCUT2D eigenvalue weighted by Crippen LogP contribution is 2.33. The number of aromatic nitrogens is 2. The van der Waals surface area contributed by atoms with Gasteiger partial charge in [0.1, 0.15) is 5.82 Å². The molecule has 0 aliphatic heterocycles. The van der Waals surface area contributed by atoms with Crippen LogP contribution in [0.4, 0.5) is 0 Å². The number of halogens is 2. The summed E-state index contributed by atoms with van der Waals surface area (Å²) in [6, 6.07) is 9.21. The molecular formula is C20H19BrIN3O3. The fourth-order valence-corrected chi connectivity index (χ4v) is 3.87. The molecule has 8 heteroatoms. The monoisotopic (exact) mass is 555 g/mol. The molecule has 0 radical (unpaired) electrons. The molecule has 0 amide bonds. The number of ether oxygens (including phenoxy) is 2. The van der Waals surface area contributed by atoms with Crippen LogP contribution in [0.25, 0.3) is 10.9 Å². The Balaban J connectivity index is 2.05. The van der Waals surface area contributed by atoms with Crippen molar-refractivity contribution < 1.29 is 9.47 Å². The van der Waals surface area contributed by atoms with E-state index in [1.54, 1.807) is 19.2 Å². The van der Waals surface area contributed by atoms with Gasteiger partial charge in [0.25, 0.3) is 5.56 Å². The van der Waals surface area contributed by atoms with Crippen LogP contribution in [-0.2, 0) is 0 Å². The third kappa shape index (κ3) is 4.38. The summed E-state index contributed by atoms with van der Waals surface area (Å²) in [7, 11) is 0. The molecule has 3 rings (SSSR count). The van der Waals surface area contributed by atoms with Gasteiger partial charge in [-0.3, -0.25) is 4.79 Å². The summed E-state index contributed by atoms with van der Waals surface area (Å²) in [6.07, 6.45) is 1.63. The average molecular weight is 556 g/mol. The minimum Gasteiger partial charge on any atom is -0.490 e. The largest absolute Gasteiger partial charge is 0.490 e. The zero-order valence-electron chi connectivity index (χ0n) is 15.7. The highest BCUT2D eigenvalue weighted by molar-refractivity contribution is 14.1. The van der Waals surface area contributed by atoms with Crippen molar-refractivity contribution in [1.29, 1.82) is 0 Å². The molecule has 146 valence electrons. The zero-order chi connectivity index (χ0) is 20.3. The Hall–Kier alpha value is -1.94. The van der Waals surface area contributed by atoms with Gasteiger partial charge in [0.2, 0.25) is 0 Å². The van der Waals surface area contributed by atoms with Gasteiger partial charge in [-0.2, -0.15) is 9.78 Å². The van der Waals surface area contributed by atoms with Gasteiger partial charge >= 0.3 is 0 Å². The van der Waals surface area contributed by atoms with Gasteiger partial charge < -0.3 is 9.47 Å². The molecule has 3 aromatic rings. The number of rotatable bonds is 6. The predicted molar refractivity (Wildman–Crippen MR) is 123 cm³/mol. The molecule has 28 heavy (non-hydrogen) atoms. The molecule has 0 saturated heterocycles. The van der Waals surface area contributed by atoms with Gasteiger partial charge in [-0.25, -0.2) is 4.98 Å². The fraction of sp³-hybridized carbons (Fsp3) is 0.250. The summed E-state index contributed by atoms with van der Waals surface area (Å²) in [5.41, 5.74) is 1.23. The first-order valence-corrected chi connectivity index (χ1v) is 10.6. The van der Waals surface area contributed by atoms with Crippen LogP contribution in [-0.4, -0.2) is 29.1 Å². The Labute approximate surface area is 184 Å². The van der Waals surface area contributed by atoms with Crippen LogP contribution in [0.2, 0.25) is 0 Å². The maximum Gasteiger partial charge on any atom is 0.282 e. The second kappa shape index (κ2) is 9.04. The van der Waals surface area contributed by atoms with E-state index in [-0.39, 0.29) is 5.56 Å². The molecule has 1 aromatic heterocycles. The Morgan fingerprint density at radius 3 is 2.68 bits per heavy atom. The van der Waals surface area contributed by atoms with Gasteiger partial charge in [-0.15, -0.1) is 0 Å². The normalized spacial score (nSPS) is 11.3. The van der Waals surface area contributed by atoms with E-state index in [1.807, 2.05) is 38.1 Å². The smallest absolute Gasteiger partial charge is 0.282 e.